The van der Waals surface area contributed by atoms with Gasteiger partial charge in [-0.3, -0.25) is 14.5 Å². The first-order chi connectivity index (χ1) is 18.5. The van der Waals surface area contributed by atoms with E-state index in [0.29, 0.717) is 61.2 Å². The maximum atomic E-state index is 13.4. The van der Waals surface area contributed by atoms with E-state index >= 15 is 0 Å². The molecule has 2 saturated heterocycles. The molecule has 2 aliphatic heterocycles. The Morgan fingerprint density at radius 3 is 2.37 bits per heavy atom. The van der Waals surface area contributed by atoms with Crippen LogP contribution >= 0.6 is 0 Å². The maximum absolute atomic E-state index is 13.4. The molecule has 2 heterocycles. The molecule has 38 heavy (non-hydrogen) atoms. The van der Waals surface area contributed by atoms with E-state index in [9.17, 15) is 14.7 Å². The Bertz CT molecular complexity index is 1160. The fourth-order valence-electron chi connectivity index (χ4n) is 4.85. The summed E-state index contributed by atoms with van der Waals surface area (Å²) < 4.78 is 22.0. The van der Waals surface area contributed by atoms with Crippen LogP contribution in [0.15, 0.2) is 48.0 Å². The van der Waals surface area contributed by atoms with Crippen molar-refractivity contribution in [2.24, 2.45) is 0 Å². The Hall–Kier alpha value is -3.56. The van der Waals surface area contributed by atoms with Gasteiger partial charge in [-0.05, 0) is 49.2 Å². The molecule has 0 aromatic heterocycles. The zero-order valence-corrected chi connectivity index (χ0v) is 22.3. The van der Waals surface area contributed by atoms with Gasteiger partial charge in [0.25, 0.3) is 11.7 Å². The first-order valence-corrected chi connectivity index (χ1v) is 13.0. The Morgan fingerprint density at radius 2 is 1.71 bits per heavy atom. The predicted octanol–water partition coefficient (Wildman–Crippen LogP) is 3.64. The van der Waals surface area contributed by atoms with Gasteiger partial charge in [0.2, 0.25) is 0 Å². The van der Waals surface area contributed by atoms with E-state index in [2.05, 4.69) is 4.90 Å². The second-order valence-corrected chi connectivity index (χ2v) is 9.28. The molecular weight excluding hydrogens is 488 g/mol. The summed E-state index contributed by atoms with van der Waals surface area (Å²) in [6, 6.07) is 11.3. The molecule has 0 aliphatic carbocycles. The fourth-order valence-corrected chi connectivity index (χ4v) is 4.85. The van der Waals surface area contributed by atoms with E-state index in [0.717, 1.165) is 26.1 Å². The van der Waals surface area contributed by atoms with Gasteiger partial charge in [0.05, 0.1) is 45.7 Å². The lowest BCUT2D eigenvalue weighted by molar-refractivity contribution is -0.140. The molecule has 1 atom stereocenters. The Morgan fingerprint density at radius 1 is 1.00 bits per heavy atom. The van der Waals surface area contributed by atoms with Gasteiger partial charge >= 0.3 is 0 Å². The number of hydrogen-bond acceptors (Lipinski definition) is 8. The third kappa shape index (κ3) is 5.95. The lowest BCUT2D eigenvalue weighted by Crippen LogP contribution is -2.39. The average Bonchev–Trinajstić information content (AvgIpc) is 3.21. The van der Waals surface area contributed by atoms with E-state index in [1.807, 2.05) is 6.92 Å². The van der Waals surface area contributed by atoms with Crippen molar-refractivity contribution < 1.29 is 33.6 Å². The summed E-state index contributed by atoms with van der Waals surface area (Å²) >= 11 is 0. The molecule has 204 valence electrons. The van der Waals surface area contributed by atoms with Crippen LogP contribution in [-0.2, 0) is 14.3 Å². The molecular formula is C29H36N2O7. The summed E-state index contributed by atoms with van der Waals surface area (Å²) in [6.45, 7) is 6.79. The zero-order chi connectivity index (χ0) is 27.1. The molecule has 9 nitrogen and oxygen atoms in total. The van der Waals surface area contributed by atoms with Crippen molar-refractivity contribution in [3.8, 4) is 17.2 Å². The topological polar surface area (TPSA) is 97.8 Å². The second-order valence-electron chi connectivity index (χ2n) is 9.28. The first kappa shape index (κ1) is 27.5. The third-order valence-corrected chi connectivity index (χ3v) is 6.85. The fraction of sp³-hybridized carbons (Fsp3) is 0.448. The molecule has 1 unspecified atom stereocenters. The number of likely N-dealkylation sites (tertiary alicyclic amines) is 1. The first-order valence-electron chi connectivity index (χ1n) is 13.0. The summed E-state index contributed by atoms with van der Waals surface area (Å²) in [4.78, 5) is 30.5. The van der Waals surface area contributed by atoms with Crippen LogP contribution in [0.3, 0.4) is 0 Å². The van der Waals surface area contributed by atoms with Crippen molar-refractivity contribution in [2.45, 2.75) is 25.8 Å². The van der Waals surface area contributed by atoms with Crippen molar-refractivity contribution in [1.82, 2.24) is 9.80 Å². The number of carbonyl (C=O) groups is 2. The highest BCUT2D eigenvalue weighted by Crippen LogP contribution is 2.43. The van der Waals surface area contributed by atoms with Crippen molar-refractivity contribution >= 4 is 17.4 Å². The van der Waals surface area contributed by atoms with E-state index in [4.69, 9.17) is 18.9 Å². The standard InChI is InChI=1S/C29H36N2O7/c1-4-16-38-21-8-6-20(7-9-21)27(32)25-26(23-11-10-22(35-2)19-24(23)36-3)31(29(34)28(25)33)13-5-12-30-14-17-37-18-15-30/h6-11,19,26,32H,4-5,12-18H2,1-3H3/b27-25+. The minimum atomic E-state index is -0.809. The van der Waals surface area contributed by atoms with E-state index in [-0.39, 0.29) is 11.3 Å². The number of benzene rings is 2. The molecule has 2 aromatic carbocycles. The van der Waals surface area contributed by atoms with Gasteiger partial charge < -0.3 is 29.0 Å². The number of hydrogen-bond donors (Lipinski definition) is 1. The summed E-state index contributed by atoms with van der Waals surface area (Å²) in [7, 11) is 3.08. The SMILES string of the molecule is CCCOc1ccc(/C(O)=C2\C(=O)C(=O)N(CCCN3CCOCC3)C2c2ccc(OC)cc2OC)cc1. The molecule has 1 N–H and O–H groups in total. The van der Waals surface area contributed by atoms with E-state index in [1.54, 1.807) is 49.6 Å². The van der Waals surface area contributed by atoms with Gasteiger partial charge in [-0.15, -0.1) is 0 Å². The van der Waals surface area contributed by atoms with Gasteiger partial charge in [0.1, 0.15) is 23.0 Å². The van der Waals surface area contributed by atoms with Crippen LogP contribution < -0.4 is 14.2 Å². The number of nitrogens with zero attached hydrogens (tertiary/aromatic N) is 2. The lowest BCUT2D eigenvalue weighted by atomic mass is 9.94. The van der Waals surface area contributed by atoms with Crippen molar-refractivity contribution in [3.05, 3.63) is 59.2 Å². The number of aliphatic hydroxyl groups is 1. The van der Waals surface area contributed by atoms with Crippen LogP contribution in [0.4, 0.5) is 0 Å². The minimum absolute atomic E-state index is 0.0343. The number of Topliss-reactive ketones (excluding diaryl/α,β-unsaturated/α-hetero) is 1. The molecule has 1 amide bonds. The molecule has 0 spiro atoms. The minimum Gasteiger partial charge on any atom is -0.507 e. The van der Waals surface area contributed by atoms with E-state index < -0.39 is 17.7 Å². The Labute approximate surface area is 223 Å². The number of ether oxygens (including phenoxy) is 4. The zero-order valence-electron chi connectivity index (χ0n) is 22.3. The van der Waals surface area contributed by atoms with Crippen LogP contribution in [0.2, 0.25) is 0 Å². The quantitative estimate of drug-likeness (QED) is 0.270. The molecule has 2 aromatic rings. The van der Waals surface area contributed by atoms with Gasteiger partial charge in [-0.2, -0.15) is 0 Å². The van der Waals surface area contributed by atoms with Gasteiger partial charge in [0, 0.05) is 43.4 Å². The smallest absolute Gasteiger partial charge is 0.295 e. The number of aliphatic hydroxyl groups excluding tert-OH is 1. The predicted molar refractivity (Wildman–Crippen MR) is 143 cm³/mol. The van der Waals surface area contributed by atoms with Crippen LogP contribution in [0, 0.1) is 0 Å². The van der Waals surface area contributed by atoms with Crippen molar-refractivity contribution in [1.29, 1.82) is 0 Å². The largest absolute Gasteiger partial charge is 0.507 e. The highest BCUT2D eigenvalue weighted by atomic mass is 16.5. The summed E-state index contributed by atoms with van der Waals surface area (Å²) in [6.07, 6.45) is 1.55. The van der Waals surface area contributed by atoms with Crippen LogP contribution in [0.1, 0.15) is 36.9 Å². The monoisotopic (exact) mass is 524 g/mol. The highest BCUT2D eigenvalue weighted by molar-refractivity contribution is 6.46. The molecule has 2 fully saturated rings. The highest BCUT2D eigenvalue weighted by Gasteiger charge is 2.47. The number of methoxy groups -OCH3 is 2. The summed E-state index contributed by atoms with van der Waals surface area (Å²) in [5.74, 6) is 0.118. The van der Waals surface area contributed by atoms with E-state index in [1.165, 1.54) is 12.0 Å². The maximum Gasteiger partial charge on any atom is 0.295 e. The molecule has 0 radical (unpaired) electrons. The number of ketones is 1. The summed E-state index contributed by atoms with van der Waals surface area (Å²) in [5.41, 5.74) is 1.06. The van der Waals surface area contributed by atoms with Crippen molar-refractivity contribution in [3.63, 3.8) is 0 Å². The Kier molecular flexibility index (Phi) is 9.25. The Balaban J connectivity index is 1.70. The van der Waals surface area contributed by atoms with Crippen molar-refractivity contribution in [2.75, 3.05) is 60.2 Å². The van der Waals surface area contributed by atoms with Crippen LogP contribution in [0.5, 0.6) is 17.2 Å². The number of amides is 1. The average molecular weight is 525 g/mol. The summed E-state index contributed by atoms with van der Waals surface area (Å²) in [5, 5.41) is 11.4. The molecule has 2 aliphatic rings. The van der Waals surface area contributed by atoms with Crippen LogP contribution in [0.25, 0.3) is 5.76 Å². The lowest BCUT2D eigenvalue weighted by Gasteiger charge is -2.29. The third-order valence-electron chi connectivity index (χ3n) is 6.85. The van der Waals surface area contributed by atoms with Gasteiger partial charge in [0.15, 0.2) is 0 Å². The normalized spacial score (nSPS) is 19.6. The number of carbonyl (C=O) groups excluding carboxylic acids is 2. The molecule has 0 saturated carbocycles. The molecule has 4 rings (SSSR count). The second kappa shape index (κ2) is 12.8. The van der Waals surface area contributed by atoms with Crippen LogP contribution in [-0.4, -0.2) is 86.8 Å². The molecule has 9 heteroatoms. The molecule has 0 bridgehead atoms. The number of morpholine rings is 1. The van der Waals surface area contributed by atoms with Gasteiger partial charge in [-0.25, -0.2) is 0 Å². The number of rotatable bonds is 11. The van der Waals surface area contributed by atoms with Gasteiger partial charge in [-0.1, -0.05) is 6.92 Å².